The molecule has 0 spiro atoms. The van der Waals surface area contributed by atoms with E-state index in [4.69, 9.17) is 0 Å². The zero-order chi connectivity index (χ0) is 21.1. The van der Waals surface area contributed by atoms with E-state index < -0.39 is 0 Å². The van der Waals surface area contributed by atoms with Crippen LogP contribution in [-0.2, 0) is 4.79 Å². The van der Waals surface area contributed by atoms with Crippen molar-refractivity contribution in [2.45, 2.75) is 13.3 Å². The van der Waals surface area contributed by atoms with Crippen LogP contribution in [0, 0.1) is 0 Å². The van der Waals surface area contributed by atoms with E-state index in [1.807, 2.05) is 25.1 Å². The quantitative estimate of drug-likeness (QED) is 0.694. The Morgan fingerprint density at radius 3 is 2.43 bits per heavy atom. The summed E-state index contributed by atoms with van der Waals surface area (Å²) >= 11 is 0. The highest BCUT2D eigenvalue weighted by molar-refractivity contribution is 5.96. The number of amides is 2. The molecule has 2 heterocycles. The second kappa shape index (κ2) is 8.36. The van der Waals surface area contributed by atoms with E-state index in [1.165, 1.54) is 0 Å². The normalized spacial score (nSPS) is 14.0. The van der Waals surface area contributed by atoms with Crippen LogP contribution < -0.4 is 10.9 Å². The van der Waals surface area contributed by atoms with Gasteiger partial charge in [0.15, 0.2) is 5.82 Å². The number of rotatable bonds is 4. The monoisotopic (exact) mass is 405 g/mol. The summed E-state index contributed by atoms with van der Waals surface area (Å²) in [4.78, 5) is 40.3. The largest absolute Gasteiger partial charge is 0.339 e. The van der Waals surface area contributed by atoms with Gasteiger partial charge in [0, 0.05) is 49.2 Å². The van der Waals surface area contributed by atoms with Crippen molar-refractivity contribution in [2.24, 2.45) is 0 Å². The third-order valence-corrected chi connectivity index (χ3v) is 5.29. The summed E-state index contributed by atoms with van der Waals surface area (Å²) < 4.78 is 0. The van der Waals surface area contributed by atoms with Crippen LogP contribution in [0.2, 0.25) is 0 Å². The lowest BCUT2D eigenvalue weighted by molar-refractivity contribution is -0.132. The molecule has 2 aromatic carbocycles. The molecule has 1 aromatic heterocycles. The van der Waals surface area contributed by atoms with Gasteiger partial charge < -0.3 is 15.1 Å². The number of carbonyl (C=O) groups excluding carboxylic acids is 2. The van der Waals surface area contributed by atoms with E-state index in [0.717, 1.165) is 0 Å². The van der Waals surface area contributed by atoms with Crippen molar-refractivity contribution in [3.05, 3.63) is 64.4 Å². The first kappa shape index (κ1) is 19.6. The van der Waals surface area contributed by atoms with Crippen LogP contribution in [0.5, 0.6) is 0 Å². The van der Waals surface area contributed by atoms with Crippen LogP contribution in [0.15, 0.2) is 53.3 Å². The molecule has 2 N–H and O–H groups in total. The maximum atomic E-state index is 12.9. The first-order valence-corrected chi connectivity index (χ1v) is 9.98. The predicted octanol–water partition coefficient (Wildman–Crippen LogP) is 2.36. The molecule has 1 fully saturated rings. The molecule has 8 heteroatoms. The minimum absolute atomic E-state index is 0.0680. The molecule has 2 amide bonds. The lowest BCUT2D eigenvalue weighted by Gasteiger charge is -2.34. The van der Waals surface area contributed by atoms with Gasteiger partial charge in [-0.05, 0) is 24.3 Å². The molecule has 30 heavy (non-hydrogen) atoms. The van der Waals surface area contributed by atoms with Crippen molar-refractivity contribution >= 4 is 34.1 Å². The first-order chi connectivity index (χ1) is 14.6. The van der Waals surface area contributed by atoms with Gasteiger partial charge in [-0.1, -0.05) is 31.2 Å². The lowest BCUT2D eigenvalue weighted by Crippen LogP contribution is -2.50. The Hall–Kier alpha value is -3.68. The zero-order valence-corrected chi connectivity index (χ0v) is 16.7. The van der Waals surface area contributed by atoms with Crippen LogP contribution >= 0.6 is 0 Å². The highest BCUT2D eigenvalue weighted by Gasteiger charge is 2.24. The summed E-state index contributed by atoms with van der Waals surface area (Å²) in [6, 6.07) is 14.4. The Morgan fingerprint density at radius 1 is 1.00 bits per heavy atom. The Bertz CT molecular complexity index is 1150. The van der Waals surface area contributed by atoms with Gasteiger partial charge in [-0.2, -0.15) is 5.10 Å². The number of H-pyrrole nitrogens is 1. The molecule has 1 aliphatic rings. The van der Waals surface area contributed by atoms with E-state index in [9.17, 15) is 14.4 Å². The summed E-state index contributed by atoms with van der Waals surface area (Å²) in [6.45, 7) is 4.01. The van der Waals surface area contributed by atoms with Crippen LogP contribution in [0.1, 0.15) is 23.7 Å². The van der Waals surface area contributed by atoms with Crippen molar-refractivity contribution < 1.29 is 9.59 Å². The van der Waals surface area contributed by atoms with E-state index in [2.05, 4.69) is 15.5 Å². The molecule has 1 saturated heterocycles. The van der Waals surface area contributed by atoms with Crippen molar-refractivity contribution in [2.75, 3.05) is 31.5 Å². The average molecular weight is 405 g/mol. The number of hydrogen-bond donors (Lipinski definition) is 2. The average Bonchev–Trinajstić information content (AvgIpc) is 2.80. The molecule has 8 nitrogen and oxygen atoms in total. The van der Waals surface area contributed by atoms with Gasteiger partial charge in [0.2, 0.25) is 5.91 Å². The number of hydrogen-bond acceptors (Lipinski definition) is 5. The summed E-state index contributed by atoms with van der Waals surface area (Å²) in [7, 11) is 0. The maximum absolute atomic E-state index is 12.9. The number of nitrogens with zero attached hydrogens (tertiary/aromatic N) is 3. The van der Waals surface area contributed by atoms with Crippen LogP contribution in [0.4, 0.5) is 11.5 Å². The second-order valence-corrected chi connectivity index (χ2v) is 7.18. The van der Waals surface area contributed by atoms with E-state index >= 15 is 0 Å². The fraction of sp³-hybridized carbons (Fsp3) is 0.273. The van der Waals surface area contributed by atoms with Crippen LogP contribution in [0.25, 0.3) is 10.8 Å². The van der Waals surface area contributed by atoms with Crippen LogP contribution in [-0.4, -0.2) is 58.0 Å². The molecular weight excluding hydrogens is 382 g/mol. The van der Waals surface area contributed by atoms with Gasteiger partial charge in [0.05, 0.1) is 5.39 Å². The van der Waals surface area contributed by atoms with Gasteiger partial charge in [-0.3, -0.25) is 14.4 Å². The Morgan fingerprint density at radius 2 is 1.70 bits per heavy atom. The number of anilines is 2. The molecule has 1 aliphatic heterocycles. The highest BCUT2D eigenvalue weighted by Crippen LogP contribution is 2.22. The predicted molar refractivity (Wildman–Crippen MR) is 115 cm³/mol. The van der Waals surface area contributed by atoms with Crippen LogP contribution in [0.3, 0.4) is 0 Å². The first-order valence-electron chi connectivity index (χ1n) is 9.98. The van der Waals surface area contributed by atoms with Gasteiger partial charge in [-0.25, -0.2) is 5.10 Å². The Balaban J connectivity index is 1.51. The number of aromatic nitrogens is 2. The zero-order valence-electron chi connectivity index (χ0n) is 16.7. The van der Waals surface area contributed by atoms with Gasteiger partial charge in [0.1, 0.15) is 0 Å². The number of nitrogens with one attached hydrogen (secondary N) is 2. The maximum Gasteiger partial charge on any atom is 0.272 e. The lowest BCUT2D eigenvalue weighted by atomic mass is 10.1. The minimum Gasteiger partial charge on any atom is -0.339 e. The second-order valence-electron chi connectivity index (χ2n) is 7.18. The molecule has 4 rings (SSSR count). The smallest absolute Gasteiger partial charge is 0.272 e. The topological polar surface area (TPSA) is 98.4 Å². The van der Waals surface area contributed by atoms with Gasteiger partial charge in [-0.15, -0.1) is 0 Å². The summed E-state index contributed by atoms with van der Waals surface area (Å²) in [6.07, 6.45) is 0.481. The molecule has 0 saturated carbocycles. The number of aromatic amines is 1. The molecular formula is C22H23N5O3. The van der Waals surface area contributed by atoms with E-state index in [-0.39, 0.29) is 17.4 Å². The SMILES string of the molecule is CCC(=O)N1CCN(C(=O)c2cccc(Nc3n[nH]c(=O)c4ccccc34)c2)CC1. The molecule has 154 valence electrons. The molecule has 0 radical (unpaired) electrons. The summed E-state index contributed by atoms with van der Waals surface area (Å²) in [5, 5.41) is 11.1. The standard InChI is InChI=1S/C22H23N5O3/c1-2-19(28)26-10-12-27(13-11-26)22(30)15-6-5-7-16(14-15)23-20-17-8-3-4-9-18(17)21(29)25-24-20/h3-9,14H,2,10-13H2,1H3,(H,23,24)(H,25,29). The summed E-state index contributed by atoms with van der Waals surface area (Å²) in [5.41, 5.74) is 1.01. The number of benzene rings is 2. The molecule has 0 unspecified atom stereocenters. The van der Waals surface area contributed by atoms with Crippen molar-refractivity contribution in [1.82, 2.24) is 20.0 Å². The third-order valence-electron chi connectivity index (χ3n) is 5.29. The Kier molecular flexibility index (Phi) is 5.47. The Labute approximate surface area is 173 Å². The van der Waals surface area contributed by atoms with E-state index in [0.29, 0.717) is 60.4 Å². The number of carbonyl (C=O) groups is 2. The third kappa shape index (κ3) is 3.89. The molecule has 0 aliphatic carbocycles. The fourth-order valence-corrected chi connectivity index (χ4v) is 3.64. The molecule has 0 bridgehead atoms. The summed E-state index contributed by atoms with van der Waals surface area (Å²) in [5.74, 6) is 0.567. The highest BCUT2D eigenvalue weighted by atomic mass is 16.2. The van der Waals surface area contributed by atoms with Crippen molar-refractivity contribution in [3.8, 4) is 0 Å². The van der Waals surface area contributed by atoms with Crippen molar-refractivity contribution in [1.29, 1.82) is 0 Å². The fourth-order valence-electron chi connectivity index (χ4n) is 3.64. The number of fused-ring (bicyclic) bond motifs is 1. The van der Waals surface area contributed by atoms with Crippen molar-refractivity contribution in [3.63, 3.8) is 0 Å². The van der Waals surface area contributed by atoms with E-state index in [1.54, 1.807) is 40.1 Å². The number of piperazine rings is 1. The van der Waals surface area contributed by atoms with Gasteiger partial charge in [0.25, 0.3) is 11.5 Å². The van der Waals surface area contributed by atoms with Gasteiger partial charge >= 0.3 is 0 Å². The minimum atomic E-state index is -0.249. The molecule has 0 atom stereocenters. The molecule has 3 aromatic rings.